The van der Waals surface area contributed by atoms with Crippen molar-refractivity contribution in [1.29, 1.82) is 0 Å². The van der Waals surface area contributed by atoms with Crippen molar-refractivity contribution in [2.24, 2.45) is 5.73 Å². The Hall–Kier alpha value is -2.42. The van der Waals surface area contributed by atoms with E-state index in [1.54, 1.807) is 6.92 Å². The summed E-state index contributed by atoms with van der Waals surface area (Å²) in [7, 11) is 0. The fraction of sp³-hybridized carbons (Fsp3) is 0.438. The van der Waals surface area contributed by atoms with Crippen molar-refractivity contribution in [1.82, 2.24) is 5.32 Å². The topological polar surface area (TPSA) is 109 Å². The van der Waals surface area contributed by atoms with Crippen molar-refractivity contribution >= 4 is 17.6 Å². The van der Waals surface area contributed by atoms with Crippen molar-refractivity contribution < 1.29 is 32.7 Å². The molecule has 2 amide bonds. The second-order valence-corrected chi connectivity index (χ2v) is 5.42. The van der Waals surface area contributed by atoms with Crippen LogP contribution in [0, 0.1) is 0 Å². The third-order valence-electron chi connectivity index (χ3n) is 3.57. The normalized spacial score (nSPS) is 13.8. The summed E-state index contributed by atoms with van der Waals surface area (Å²) in [6, 6.07) is 2.24. The van der Waals surface area contributed by atoms with Gasteiger partial charge in [-0.1, -0.05) is 19.1 Å². The minimum absolute atomic E-state index is 0.0204. The molecule has 4 N–H and O–H groups in total. The van der Waals surface area contributed by atoms with Gasteiger partial charge in [0, 0.05) is 12.8 Å². The first kappa shape index (κ1) is 20.6. The number of halogens is 3. The van der Waals surface area contributed by atoms with Crippen LogP contribution in [0.15, 0.2) is 24.3 Å². The van der Waals surface area contributed by atoms with E-state index >= 15 is 0 Å². The number of rotatable bonds is 8. The maximum atomic E-state index is 12.5. The number of Topliss-reactive ketones (excluding diaryl/α,β-unsaturated/α-hetero) is 1. The molecule has 1 aromatic carbocycles. The standard InChI is InChI=1S/C16H19F3N2O4/c1-2-11(22)7-8-12(14(20)24)21-15(25)13(23)9-3-5-10(6-4-9)16(17,18)19/h3-6,12-13,23H,2,7-8H2,1H3,(H2,20,24)(H,21,25)/t12-,13+/m1/s1. The van der Waals surface area contributed by atoms with Crippen LogP contribution in [0.25, 0.3) is 0 Å². The van der Waals surface area contributed by atoms with Crippen LogP contribution < -0.4 is 11.1 Å². The fourth-order valence-electron chi connectivity index (χ4n) is 2.02. The molecule has 25 heavy (non-hydrogen) atoms. The van der Waals surface area contributed by atoms with Crippen LogP contribution in [-0.2, 0) is 20.6 Å². The zero-order valence-electron chi connectivity index (χ0n) is 13.5. The minimum atomic E-state index is -4.53. The largest absolute Gasteiger partial charge is 0.416 e. The van der Waals surface area contributed by atoms with Crippen LogP contribution in [-0.4, -0.2) is 28.7 Å². The van der Waals surface area contributed by atoms with Crippen LogP contribution in [0.2, 0.25) is 0 Å². The lowest BCUT2D eigenvalue weighted by atomic mass is 10.0. The van der Waals surface area contributed by atoms with Crippen LogP contribution in [0.3, 0.4) is 0 Å². The Morgan fingerprint density at radius 3 is 2.20 bits per heavy atom. The number of carbonyl (C=O) groups is 3. The number of primary amides is 1. The van der Waals surface area contributed by atoms with Crippen LogP contribution in [0.4, 0.5) is 13.2 Å². The summed E-state index contributed by atoms with van der Waals surface area (Å²) in [6.07, 6.45) is -6.03. The summed E-state index contributed by atoms with van der Waals surface area (Å²) >= 11 is 0. The van der Waals surface area contributed by atoms with E-state index in [9.17, 15) is 32.7 Å². The van der Waals surface area contributed by atoms with E-state index in [-0.39, 0.29) is 30.6 Å². The molecular weight excluding hydrogens is 341 g/mol. The molecule has 1 rings (SSSR count). The molecule has 0 aliphatic heterocycles. The molecule has 138 valence electrons. The van der Waals surface area contributed by atoms with E-state index in [0.29, 0.717) is 0 Å². The second-order valence-electron chi connectivity index (χ2n) is 5.42. The van der Waals surface area contributed by atoms with E-state index in [0.717, 1.165) is 24.3 Å². The number of nitrogens with one attached hydrogen (secondary N) is 1. The SMILES string of the molecule is CCC(=O)CC[C@@H](NC(=O)[C@@H](O)c1ccc(C(F)(F)F)cc1)C(N)=O. The second kappa shape index (κ2) is 8.61. The molecule has 0 aromatic heterocycles. The summed E-state index contributed by atoms with van der Waals surface area (Å²) in [6.45, 7) is 1.65. The number of amides is 2. The van der Waals surface area contributed by atoms with E-state index in [1.165, 1.54) is 0 Å². The van der Waals surface area contributed by atoms with Crippen molar-refractivity contribution in [2.75, 3.05) is 0 Å². The van der Waals surface area contributed by atoms with Gasteiger partial charge in [-0.3, -0.25) is 14.4 Å². The highest BCUT2D eigenvalue weighted by atomic mass is 19.4. The van der Waals surface area contributed by atoms with Gasteiger partial charge in [0.25, 0.3) is 5.91 Å². The quantitative estimate of drug-likeness (QED) is 0.652. The molecule has 6 nitrogen and oxygen atoms in total. The lowest BCUT2D eigenvalue weighted by molar-refractivity contribution is -0.137. The van der Waals surface area contributed by atoms with Crippen molar-refractivity contribution in [3.63, 3.8) is 0 Å². The minimum Gasteiger partial charge on any atom is -0.378 e. The summed E-state index contributed by atoms with van der Waals surface area (Å²) in [5.41, 5.74) is 4.16. The molecular formula is C16H19F3N2O4. The molecule has 0 unspecified atom stereocenters. The number of hydrogen-bond donors (Lipinski definition) is 3. The number of aliphatic hydroxyl groups is 1. The lowest BCUT2D eigenvalue weighted by Gasteiger charge is -2.18. The van der Waals surface area contributed by atoms with Crippen molar-refractivity contribution in [3.8, 4) is 0 Å². The van der Waals surface area contributed by atoms with Crippen LogP contribution >= 0.6 is 0 Å². The Kier molecular flexibility index (Phi) is 7.10. The van der Waals surface area contributed by atoms with E-state index in [2.05, 4.69) is 5.32 Å². The van der Waals surface area contributed by atoms with Crippen molar-refractivity contribution in [3.05, 3.63) is 35.4 Å². The Morgan fingerprint density at radius 1 is 1.20 bits per heavy atom. The van der Waals surface area contributed by atoms with Gasteiger partial charge >= 0.3 is 6.18 Å². The average Bonchev–Trinajstić information content (AvgIpc) is 2.56. The fourth-order valence-corrected chi connectivity index (χ4v) is 2.02. The van der Waals surface area contributed by atoms with Crippen molar-refractivity contribution in [2.45, 2.75) is 44.5 Å². The predicted molar refractivity (Wildman–Crippen MR) is 82.1 cm³/mol. The Morgan fingerprint density at radius 2 is 1.76 bits per heavy atom. The van der Waals surface area contributed by atoms with E-state index in [4.69, 9.17) is 5.73 Å². The zero-order chi connectivity index (χ0) is 19.2. The first-order chi connectivity index (χ1) is 11.6. The first-order valence-electron chi connectivity index (χ1n) is 7.52. The molecule has 0 saturated carbocycles. The van der Waals surface area contributed by atoms with Crippen LogP contribution in [0.5, 0.6) is 0 Å². The third kappa shape index (κ3) is 6.18. The van der Waals surface area contributed by atoms with E-state index in [1.807, 2.05) is 0 Å². The zero-order valence-corrected chi connectivity index (χ0v) is 13.5. The molecule has 2 atom stereocenters. The van der Waals surface area contributed by atoms with Gasteiger partial charge < -0.3 is 16.2 Å². The number of alkyl halides is 3. The predicted octanol–water partition coefficient (Wildman–Crippen LogP) is 1.47. The molecule has 1 aromatic rings. The highest BCUT2D eigenvalue weighted by Crippen LogP contribution is 2.29. The molecule has 0 spiro atoms. The smallest absolute Gasteiger partial charge is 0.378 e. The van der Waals surface area contributed by atoms with Gasteiger partial charge in [0.15, 0.2) is 6.10 Å². The summed E-state index contributed by atoms with van der Waals surface area (Å²) < 4.78 is 37.5. The van der Waals surface area contributed by atoms with Gasteiger partial charge in [-0.05, 0) is 24.1 Å². The van der Waals surface area contributed by atoms with Gasteiger partial charge in [0.1, 0.15) is 11.8 Å². The molecule has 0 bridgehead atoms. The number of ketones is 1. The lowest BCUT2D eigenvalue weighted by Crippen LogP contribution is -2.46. The monoisotopic (exact) mass is 360 g/mol. The Bertz CT molecular complexity index is 629. The van der Waals surface area contributed by atoms with Gasteiger partial charge in [-0.25, -0.2) is 0 Å². The maximum absolute atomic E-state index is 12.5. The highest BCUT2D eigenvalue weighted by molar-refractivity contribution is 5.89. The molecule has 9 heteroatoms. The number of hydrogen-bond acceptors (Lipinski definition) is 4. The Balaban J connectivity index is 2.76. The van der Waals surface area contributed by atoms with Gasteiger partial charge in [-0.2, -0.15) is 13.2 Å². The molecule has 0 aliphatic carbocycles. The highest BCUT2D eigenvalue weighted by Gasteiger charge is 2.31. The molecule has 0 fully saturated rings. The average molecular weight is 360 g/mol. The first-order valence-corrected chi connectivity index (χ1v) is 7.52. The Labute approximate surface area is 142 Å². The molecule has 0 heterocycles. The molecule has 0 saturated heterocycles. The molecule has 0 radical (unpaired) electrons. The van der Waals surface area contributed by atoms with Gasteiger partial charge in [0.05, 0.1) is 5.56 Å². The maximum Gasteiger partial charge on any atom is 0.416 e. The number of carbonyl (C=O) groups excluding carboxylic acids is 3. The number of aliphatic hydroxyl groups excluding tert-OH is 1. The summed E-state index contributed by atoms with van der Waals surface area (Å²) in [5, 5.41) is 12.1. The summed E-state index contributed by atoms with van der Waals surface area (Å²) in [5.74, 6) is -1.99. The molecule has 0 aliphatic rings. The van der Waals surface area contributed by atoms with E-state index < -0.39 is 35.7 Å². The van der Waals surface area contributed by atoms with Crippen LogP contribution in [0.1, 0.15) is 43.4 Å². The van der Waals surface area contributed by atoms with Gasteiger partial charge in [-0.15, -0.1) is 0 Å². The summed E-state index contributed by atoms with van der Waals surface area (Å²) in [4.78, 5) is 34.6. The number of benzene rings is 1. The number of nitrogens with two attached hydrogens (primary N) is 1. The third-order valence-corrected chi connectivity index (χ3v) is 3.57. The van der Waals surface area contributed by atoms with Gasteiger partial charge in [0.2, 0.25) is 5.91 Å².